The van der Waals surface area contributed by atoms with Crippen molar-refractivity contribution < 1.29 is 14.3 Å². The summed E-state index contributed by atoms with van der Waals surface area (Å²) < 4.78 is 11.4. The second-order valence-electron chi connectivity index (χ2n) is 8.67. The van der Waals surface area contributed by atoms with Crippen LogP contribution in [0.1, 0.15) is 48.0 Å². The molecule has 2 aromatic carbocycles. The van der Waals surface area contributed by atoms with Gasteiger partial charge in [-0.05, 0) is 74.1 Å². The second-order valence-corrected chi connectivity index (χ2v) is 8.67. The highest BCUT2D eigenvalue weighted by molar-refractivity contribution is 5.94. The van der Waals surface area contributed by atoms with Crippen molar-refractivity contribution in [3.63, 3.8) is 0 Å². The zero-order valence-electron chi connectivity index (χ0n) is 19.0. The van der Waals surface area contributed by atoms with E-state index in [1.54, 1.807) is 7.11 Å². The van der Waals surface area contributed by atoms with Crippen LogP contribution in [0.3, 0.4) is 0 Å². The molecule has 2 aliphatic heterocycles. The molecule has 0 atom stereocenters. The number of carbonyl (C=O) groups is 1. The topological polar surface area (TPSA) is 42.0 Å². The van der Waals surface area contributed by atoms with Crippen LogP contribution in [0.25, 0.3) is 6.08 Å². The molecule has 1 amide bonds. The number of methoxy groups -OCH3 is 1. The van der Waals surface area contributed by atoms with Crippen LogP contribution in [0.4, 0.5) is 0 Å². The molecule has 170 valence electrons. The van der Waals surface area contributed by atoms with Crippen molar-refractivity contribution in [3.8, 4) is 11.5 Å². The van der Waals surface area contributed by atoms with E-state index in [0.717, 1.165) is 75.5 Å². The monoisotopic (exact) mass is 434 g/mol. The Balaban J connectivity index is 1.20. The van der Waals surface area contributed by atoms with Crippen LogP contribution in [-0.4, -0.2) is 61.6 Å². The predicted octanol–water partition coefficient (Wildman–Crippen LogP) is 4.88. The Labute approximate surface area is 191 Å². The lowest BCUT2D eigenvalue weighted by molar-refractivity contribution is 0.0724. The minimum absolute atomic E-state index is 0.146. The molecule has 32 heavy (non-hydrogen) atoms. The zero-order valence-corrected chi connectivity index (χ0v) is 19.0. The zero-order chi connectivity index (χ0) is 22.2. The fourth-order valence-electron chi connectivity index (χ4n) is 4.41. The first-order valence-electron chi connectivity index (χ1n) is 11.8. The first-order chi connectivity index (χ1) is 15.7. The summed E-state index contributed by atoms with van der Waals surface area (Å²) in [6.45, 7) is 4.77. The summed E-state index contributed by atoms with van der Waals surface area (Å²) >= 11 is 0. The summed E-state index contributed by atoms with van der Waals surface area (Å²) in [6.07, 6.45) is 10.1. The summed E-state index contributed by atoms with van der Waals surface area (Å²) in [4.78, 5) is 17.0. The first kappa shape index (κ1) is 22.4. The van der Waals surface area contributed by atoms with Gasteiger partial charge in [0.25, 0.3) is 5.91 Å². The largest absolute Gasteiger partial charge is 0.497 e. The quantitative estimate of drug-likeness (QED) is 0.623. The highest BCUT2D eigenvalue weighted by Crippen LogP contribution is 2.21. The van der Waals surface area contributed by atoms with E-state index in [2.05, 4.69) is 29.2 Å². The average molecular weight is 435 g/mol. The minimum atomic E-state index is 0.146. The molecule has 2 aromatic rings. The number of hydrogen-bond acceptors (Lipinski definition) is 4. The second kappa shape index (κ2) is 11.2. The molecule has 0 N–H and O–H groups in total. The standard InChI is InChI=1S/C27H34N2O3/c1-31-24-11-7-22(8-12-24)6-5-17-28-20-15-26(16-21-28)32-25-13-9-23(10-14-25)27(30)29-18-3-2-4-19-29/h5-14,26H,2-4,15-21H2,1H3. The van der Waals surface area contributed by atoms with Crippen LogP contribution in [0.5, 0.6) is 11.5 Å². The van der Waals surface area contributed by atoms with E-state index in [1.165, 1.54) is 12.0 Å². The lowest BCUT2D eigenvalue weighted by Crippen LogP contribution is -2.38. The number of rotatable bonds is 7. The Morgan fingerprint density at radius 1 is 0.906 bits per heavy atom. The number of amides is 1. The van der Waals surface area contributed by atoms with Crippen molar-refractivity contribution in [2.75, 3.05) is 39.8 Å². The van der Waals surface area contributed by atoms with Crippen LogP contribution >= 0.6 is 0 Å². The van der Waals surface area contributed by atoms with Crippen molar-refractivity contribution in [2.24, 2.45) is 0 Å². The van der Waals surface area contributed by atoms with Gasteiger partial charge in [-0.15, -0.1) is 0 Å². The summed E-state index contributed by atoms with van der Waals surface area (Å²) in [5, 5.41) is 0. The third kappa shape index (κ3) is 6.13. The molecule has 5 heteroatoms. The fraction of sp³-hybridized carbons (Fsp3) is 0.444. The molecule has 2 heterocycles. The maximum absolute atomic E-state index is 12.6. The SMILES string of the molecule is COc1ccc(C=CCN2CCC(Oc3ccc(C(=O)N4CCCCC4)cc3)CC2)cc1. The number of benzene rings is 2. The van der Waals surface area contributed by atoms with E-state index in [9.17, 15) is 4.79 Å². The van der Waals surface area contributed by atoms with Gasteiger partial charge in [0.2, 0.25) is 0 Å². The smallest absolute Gasteiger partial charge is 0.253 e. The Morgan fingerprint density at radius 2 is 1.56 bits per heavy atom. The van der Waals surface area contributed by atoms with Gasteiger partial charge in [-0.2, -0.15) is 0 Å². The van der Waals surface area contributed by atoms with E-state index >= 15 is 0 Å². The molecular weight excluding hydrogens is 400 g/mol. The van der Waals surface area contributed by atoms with Gasteiger partial charge in [0, 0.05) is 38.3 Å². The maximum atomic E-state index is 12.6. The highest BCUT2D eigenvalue weighted by atomic mass is 16.5. The number of hydrogen-bond donors (Lipinski definition) is 0. The summed E-state index contributed by atoms with van der Waals surface area (Å²) in [7, 11) is 1.69. The number of ether oxygens (including phenoxy) is 2. The third-order valence-electron chi connectivity index (χ3n) is 6.37. The molecule has 0 bridgehead atoms. The van der Waals surface area contributed by atoms with Crippen LogP contribution in [0.2, 0.25) is 0 Å². The Morgan fingerprint density at radius 3 is 2.22 bits per heavy atom. The van der Waals surface area contributed by atoms with Crippen LogP contribution in [-0.2, 0) is 0 Å². The van der Waals surface area contributed by atoms with Gasteiger partial charge in [0.15, 0.2) is 0 Å². The van der Waals surface area contributed by atoms with Crippen molar-refractivity contribution in [1.29, 1.82) is 0 Å². The molecule has 0 aliphatic carbocycles. The molecule has 2 aliphatic rings. The molecule has 0 radical (unpaired) electrons. The molecule has 0 aromatic heterocycles. The Kier molecular flexibility index (Phi) is 7.83. The minimum Gasteiger partial charge on any atom is -0.497 e. The maximum Gasteiger partial charge on any atom is 0.253 e. The van der Waals surface area contributed by atoms with E-state index in [-0.39, 0.29) is 12.0 Å². The van der Waals surface area contributed by atoms with Gasteiger partial charge >= 0.3 is 0 Å². The van der Waals surface area contributed by atoms with E-state index in [4.69, 9.17) is 9.47 Å². The van der Waals surface area contributed by atoms with Gasteiger partial charge in [0.1, 0.15) is 17.6 Å². The van der Waals surface area contributed by atoms with Crippen molar-refractivity contribution in [1.82, 2.24) is 9.80 Å². The summed E-state index contributed by atoms with van der Waals surface area (Å²) in [6, 6.07) is 15.8. The number of nitrogens with zero attached hydrogens (tertiary/aromatic N) is 2. The van der Waals surface area contributed by atoms with Gasteiger partial charge in [-0.1, -0.05) is 24.3 Å². The lowest BCUT2D eigenvalue weighted by atomic mass is 10.1. The molecule has 5 nitrogen and oxygen atoms in total. The fourth-order valence-corrected chi connectivity index (χ4v) is 4.41. The van der Waals surface area contributed by atoms with Gasteiger partial charge in [-0.3, -0.25) is 9.69 Å². The highest BCUT2D eigenvalue weighted by Gasteiger charge is 2.21. The van der Waals surface area contributed by atoms with Gasteiger partial charge < -0.3 is 14.4 Å². The summed E-state index contributed by atoms with van der Waals surface area (Å²) in [5.74, 6) is 1.89. The van der Waals surface area contributed by atoms with E-state index < -0.39 is 0 Å². The molecule has 2 fully saturated rings. The van der Waals surface area contributed by atoms with E-state index in [1.807, 2.05) is 41.3 Å². The van der Waals surface area contributed by atoms with Crippen molar-refractivity contribution in [3.05, 3.63) is 65.7 Å². The number of likely N-dealkylation sites (tertiary alicyclic amines) is 2. The van der Waals surface area contributed by atoms with Crippen LogP contribution in [0.15, 0.2) is 54.6 Å². The Hall–Kier alpha value is -2.79. The van der Waals surface area contributed by atoms with E-state index in [0.29, 0.717) is 0 Å². The van der Waals surface area contributed by atoms with Crippen LogP contribution < -0.4 is 9.47 Å². The molecule has 0 spiro atoms. The number of carbonyl (C=O) groups excluding carboxylic acids is 1. The summed E-state index contributed by atoms with van der Waals surface area (Å²) in [5.41, 5.74) is 1.95. The molecule has 2 saturated heterocycles. The molecule has 0 saturated carbocycles. The lowest BCUT2D eigenvalue weighted by Gasteiger charge is -2.31. The van der Waals surface area contributed by atoms with Crippen LogP contribution in [0, 0.1) is 0 Å². The van der Waals surface area contributed by atoms with Crippen molar-refractivity contribution >= 4 is 12.0 Å². The molecule has 4 rings (SSSR count). The Bertz CT molecular complexity index is 878. The molecule has 0 unspecified atom stereocenters. The normalized spacial score (nSPS) is 18.1. The first-order valence-corrected chi connectivity index (χ1v) is 11.8. The number of piperidine rings is 2. The average Bonchev–Trinajstić information content (AvgIpc) is 2.86. The predicted molar refractivity (Wildman–Crippen MR) is 128 cm³/mol. The third-order valence-corrected chi connectivity index (χ3v) is 6.37. The molecular formula is C27H34N2O3. The van der Waals surface area contributed by atoms with Gasteiger partial charge in [-0.25, -0.2) is 0 Å². The van der Waals surface area contributed by atoms with Crippen molar-refractivity contribution in [2.45, 2.75) is 38.2 Å². The van der Waals surface area contributed by atoms with Gasteiger partial charge in [0.05, 0.1) is 7.11 Å².